The van der Waals surface area contributed by atoms with Gasteiger partial charge in [0.15, 0.2) is 0 Å². The third-order valence-corrected chi connectivity index (χ3v) is 6.72. The van der Waals surface area contributed by atoms with Crippen molar-refractivity contribution in [3.63, 3.8) is 0 Å². The summed E-state index contributed by atoms with van der Waals surface area (Å²) in [6.45, 7) is 2.46. The van der Waals surface area contributed by atoms with E-state index in [0.29, 0.717) is 26.7 Å². The summed E-state index contributed by atoms with van der Waals surface area (Å²) in [6, 6.07) is 16.0. The Morgan fingerprint density at radius 3 is 2.43 bits per heavy atom. The van der Waals surface area contributed by atoms with Crippen LogP contribution in [0.1, 0.15) is 6.92 Å². The summed E-state index contributed by atoms with van der Waals surface area (Å²) in [6.07, 6.45) is 0. The largest absolute Gasteiger partial charge is 0.349 e. The number of hydrogen-bond donors (Lipinski definition) is 2. The van der Waals surface area contributed by atoms with Crippen LogP contribution in [-0.2, 0) is 9.84 Å². The topological polar surface area (TPSA) is 76.0 Å². The first-order valence-corrected chi connectivity index (χ1v) is 9.68. The van der Waals surface area contributed by atoms with Gasteiger partial charge in [0, 0.05) is 22.7 Å². The van der Waals surface area contributed by atoms with Gasteiger partial charge in [-0.2, -0.15) is 0 Å². The van der Waals surface area contributed by atoms with E-state index in [1.807, 2.05) is 31.2 Å². The van der Waals surface area contributed by atoms with Crippen LogP contribution < -0.4 is 5.73 Å². The molecule has 3 N–H and O–H groups in total. The molecule has 120 valence electrons. The Kier molecular flexibility index (Phi) is 4.48. The standard InChI is InChI=1S/C17H18N2O2S2/c1-12(11-18)22-17-16(14-9-5-6-10-15(14)19-17)23(20,21)13-7-3-2-4-8-13/h2-10,12,19H,11,18H2,1H3. The van der Waals surface area contributed by atoms with Crippen LogP contribution in [-0.4, -0.2) is 25.2 Å². The van der Waals surface area contributed by atoms with Gasteiger partial charge in [0.25, 0.3) is 0 Å². The van der Waals surface area contributed by atoms with Crippen LogP contribution in [0.3, 0.4) is 0 Å². The number of nitrogens with one attached hydrogen (secondary N) is 1. The number of aromatic nitrogens is 1. The van der Waals surface area contributed by atoms with E-state index in [0.717, 1.165) is 5.52 Å². The van der Waals surface area contributed by atoms with E-state index in [9.17, 15) is 8.42 Å². The third-order valence-electron chi connectivity index (χ3n) is 3.60. The Morgan fingerprint density at radius 2 is 1.74 bits per heavy atom. The van der Waals surface area contributed by atoms with Crippen molar-refractivity contribution in [3.8, 4) is 0 Å². The normalized spacial score (nSPS) is 13.3. The minimum Gasteiger partial charge on any atom is -0.349 e. The molecule has 6 heteroatoms. The number of thioether (sulfide) groups is 1. The molecule has 0 aliphatic rings. The minimum atomic E-state index is -3.60. The fraction of sp³-hybridized carbons (Fsp3) is 0.176. The maximum Gasteiger partial charge on any atom is 0.209 e. The molecule has 1 aromatic heterocycles. The van der Waals surface area contributed by atoms with Crippen LogP contribution in [0.15, 0.2) is 69.4 Å². The number of para-hydroxylation sites is 1. The molecule has 0 aliphatic heterocycles. The monoisotopic (exact) mass is 346 g/mol. The second-order valence-electron chi connectivity index (χ2n) is 5.31. The zero-order valence-corrected chi connectivity index (χ0v) is 14.3. The second-order valence-corrected chi connectivity index (χ2v) is 8.64. The average molecular weight is 346 g/mol. The summed E-state index contributed by atoms with van der Waals surface area (Å²) in [4.78, 5) is 3.87. The molecule has 2 aromatic carbocycles. The van der Waals surface area contributed by atoms with Gasteiger partial charge in [-0.05, 0) is 18.2 Å². The van der Waals surface area contributed by atoms with Gasteiger partial charge in [-0.15, -0.1) is 11.8 Å². The number of H-pyrrole nitrogens is 1. The molecule has 4 nitrogen and oxygen atoms in total. The lowest BCUT2D eigenvalue weighted by Crippen LogP contribution is -2.13. The molecular weight excluding hydrogens is 328 g/mol. The van der Waals surface area contributed by atoms with Gasteiger partial charge in [0.05, 0.1) is 9.92 Å². The molecule has 23 heavy (non-hydrogen) atoms. The lowest BCUT2D eigenvalue weighted by atomic mass is 10.2. The molecule has 0 saturated carbocycles. The molecule has 0 amide bonds. The Labute approximate surface area is 140 Å². The molecular formula is C17H18N2O2S2. The van der Waals surface area contributed by atoms with Crippen LogP contribution in [0, 0.1) is 0 Å². The van der Waals surface area contributed by atoms with E-state index in [1.54, 1.807) is 30.3 Å². The smallest absolute Gasteiger partial charge is 0.209 e. The molecule has 3 aromatic rings. The quantitative estimate of drug-likeness (QED) is 0.694. The van der Waals surface area contributed by atoms with Crippen molar-refractivity contribution in [1.82, 2.24) is 4.98 Å². The first-order valence-electron chi connectivity index (χ1n) is 7.31. The van der Waals surface area contributed by atoms with Crippen molar-refractivity contribution in [1.29, 1.82) is 0 Å². The zero-order valence-electron chi connectivity index (χ0n) is 12.7. The first-order chi connectivity index (χ1) is 11.0. The molecule has 1 heterocycles. The number of nitrogens with two attached hydrogens (primary N) is 1. The highest BCUT2D eigenvalue weighted by Gasteiger charge is 2.27. The van der Waals surface area contributed by atoms with Crippen LogP contribution in [0.5, 0.6) is 0 Å². The van der Waals surface area contributed by atoms with Crippen LogP contribution in [0.25, 0.3) is 10.9 Å². The minimum absolute atomic E-state index is 0.118. The molecule has 0 aliphatic carbocycles. The highest BCUT2D eigenvalue weighted by molar-refractivity contribution is 8.00. The lowest BCUT2D eigenvalue weighted by Gasteiger charge is -2.10. The fourth-order valence-electron chi connectivity index (χ4n) is 2.41. The summed E-state index contributed by atoms with van der Waals surface area (Å²) in [5, 5.41) is 1.48. The van der Waals surface area contributed by atoms with E-state index in [1.165, 1.54) is 11.8 Å². The molecule has 0 saturated heterocycles. The van der Waals surface area contributed by atoms with Crippen LogP contribution in [0.4, 0.5) is 0 Å². The van der Waals surface area contributed by atoms with E-state index < -0.39 is 9.84 Å². The lowest BCUT2D eigenvalue weighted by molar-refractivity contribution is 0.595. The highest BCUT2D eigenvalue weighted by atomic mass is 32.2. The predicted octanol–water partition coefficient (Wildman–Crippen LogP) is 3.44. The van der Waals surface area contributed by atoms with Crippen LogP contribution in [0.2, 0.25) is 0 Å². The Hall–Kier alpha value is -1.76. The average Bonchev–Trinajstić information content (AvgIpc) is 2.94. The van der Waals surface area contributed by atoms with Crippen molar-refractivity contribution in [2.75, 3.05) is 6.54 Å². The van der Waals surface area contributed by atoms with Crippen molar-refractivity contribution in [2.45, 2.75) is 27.0 Å². The van der Waals surface area contributed by atoms with Gasteiger partial charge >= 0.3 is 0 Å². The van der Waals surface area contributed by atoms with Crippen molar-refractivity contribution >= 4 is 32.5 Å². The number of sulfone groups is 1. The zero-order chi connectivity index (χ0) is 16.4. The maximum atomic E-state index is 13.1. The van der Waals surface area contributed by atoms with Gasteiger partial charge in [-0.3, -0.25) is 0 Å². The number of rotatable bonds is 5. The van der Waals surface area contributed by atoms with Gasteiger partial charge in [0.1, 0.15) is 4.90 Å². The van der Waals surface area contributed by atoms with Crippen LogP contribution >= 0.6 is 11.8 Å². The number of benzene rings is 2. The summed E-state index contributed by atoms with van der Waals surface area (Å²) in [5.41, 5.74) is 6.51. The Bertz CT molecular complexity index is 918. The summed E-state index contributed by atoms with van der Waals surface area (Å²) in [5.74, 6) is 0. The molecule has 1 unspecified atom stereocenters. The van der Waals surface area contributed by atoms with Crippen molar-refractivity contribution < 1.29 is 8.42 Å². The van der Waals surface area contributed by atoms with Crippen molar-refractivity contribution in [3.05, 3.63) is 54.6 Å². The van der Waals surface area contributed by atoms with E-state index in [4.69, 9.17) is 5.73 Å². The molecule has 0 spiro atoms. The Balaban J connectivity index is 2.24. The number of hydrogen-bond acceptors (Lipinski definition) is 4. The number of fused-ring (bicyclic) bond motifs is 1. The SMILES string of the molecule is CC(CN)Sc1[nH]c2ccccc2c1S(=O)(=O)c1ccccc1. The van der Waals surface area contributed by atoms with Gasteiger partial charge in [0.2, 0.25) is 9.84 Å². The van der Waals surface area contributed by atoms with Gasteiger partial charge < -0.3 is 10.7 Å². The molecule has 1 atom stereocenters. The van der Waals surface area contributed by atoms with E-state index in [2.05, 4.69) is 4.98 Å². The molecule has 0 fully saturated rings. The Morgan fingerprint density at radius 1 is 1.09 bits per heavy atom. The van der Waals surface area contributed by atoms with E-state index in [-0.39, 0.29) is 5.25 Å². The van der Waals surface area contributed by atoms with Crippen molar-refractivity contribution in [2.24, 2.45) is 5.73 Å². The summed E-state index contributed by atoms with van der Waals surface area (Å²) in [7, 11) is -3.60. The fourth-order valence-corrected chi connectivity index (χ4v) is 5.28. The highest BCUT2D eigenvalue weighted by Crippen LogP contribution is 2.38. The van der Waals surface area contributed by atoms with Gasteiger partial charge in [-0.25, -0.2) is 8.42 Å². The second kappa shape index (κ2) is 6.39. The maximum absolute atomic E-state index is 13.1. The third kappa shape index (κ3) is 3.02. The first kappa shape index (κ1) is 16.1. The number of aromatic amines is 1. The summed E-state index contributed by atoms with van der Waals surface area (Å²) < 4.78 is 26.3. The van der Waals surface area contributed by atoms with E-state index >= 15 is 0 Å². The van der Waals surface area contributed by atoms with Gasteiger partial charge in [-0.1, -0.05) is 43.3 Å². The molecule has 3 rings (SSSR count). The summed E-state index contributed by atoms with van der Waals surface area (Å²) >= 11 is 1.46. The molecule has 0 radical (unpaired) electrons. The molecule has 0 bridgehead atoms. The predicted molar refractivity (Wildman–Crippen MR) is 94.6 cm³/mol.